The molecule has 7 nitrogen and oxygen atoms in total. The molecule has 3 aromatic rings. The molecule has 2 aromatic carbocycles. The fourth-order valence-corrected chi connectivity index (χ4v) is 4.36. The first-order valence-electron chi connectivity index (χ1n) is 9.25. The van der Waals surface area contributed by atoms with Crippen molar-refractivity contribution in [1.82, 2.24) is 5.32 Å². The molecule has 32 heavy (non-hydrogen) atoms. The minimum atomic E-state index is -4.73. The average molecular weight is 468 g/mol. The molecule has 0 atom stereocenters. The summed E-state index contributed by atoms with van der Waals surface area (Å²) >= 11 is 0. The molecule has 0 spiro atoms. The quantitative estimate of drug-likeness (QED) is 0.543. The Hall–Kier alpha value is -3.47. The molecule has 1 heterocycles. The number of hydrogen-bond donors (Lipinski definition) is 1. The Bertz CT molecular complexity index is 1180. The second-order valence-corrected chi connectivity index (χ2v) is 8.43. The van der Waals surface area contributed by atoms with Crippen LogP contribution in [0.1, 0.15) is 11.3 Å². The van der Waals surface area contributed by atoms with Gasteiger partial charge in [0.2, 0.25) is 5.91 Å². The number of anilines is 1. The molecular weight excluding hydrogens is 449 g/mol. The van der Waals surface area contributed by atoms with Crippen molar-refractivity contribution in [2.75, 3.05) is 18.0 Å². The van der Waals surface area contributed by atoms with Gasteiger partial charge in [0.1, 0.15) is 18.1 Å². The highest BCUT2D eigenvalue weighted by Crippen LogP contribution is 2.34. The van der Waals surface area contributed by atoms with Crippen molar-refractivity contribution < 1.29 is 35.5 Å². The minimum Gasteiger partial charge on any atom is -0.495 e. The zero-order valence-corrected chi connectivity index (χ0v) is 17.6. The van der Waals surface area contributed by atoms with Gasteiger partial charge in [0.05, 0.1) is 36.1 Å². The van der Waals surface area contributed by atoms with Gasteiger partial charge in [-0.3, -0.25) is 9.10 Å². The molecule has 0 unspecified atom stereocenters. The normalized spacial score (nSPS) is 11.8. The van der Waals surface area contributed by atoms with E-state index in [2.05, 4.69) is 5.32 Å². The van der Waals surface area contributed by atoms with Crippen molar-refractivity contribution in [2.24, 2.45) is 0 Å². The van der Waals surface area contributed by atoms with E-state index in [4.69, 9.17) is 9.15 Å². The number of para-hydroxylation sites is 2. The van der Waals surface area contributed by atoms with Crippen molar-refractivity contribution in [1.29, 1.82) is 0 Å². The summed E-state index contributed by atoms with van der Waals surface area (Å²) in [6, 6.07) is 12.6. The Balaban J connectivity index is 1.99. The van der Waals surface area contributed by atoms with Gasteiger partial charge in [-0.2, -0.15) is 13.2 Å². The number of amides is 1. The van der Waals surface area contributed by atoms with E-state index in [1.807, 2.05) is 0 Å². The molecule has 0 aliphatic carbocycles. The molecular formula is C21H19F3N2O5S. The Labute approximate surface area is 182 Å². The third-order valence-corrected chi connectivity index (χ3v) is 6.19. The minimum absolute atomic E-state index is 0.000519. The summed E-state index contributed by atoms with van der Waals surface area (Å²) in [5, 5.41) is 2.52. The highest BCUT2D eigenvalue weighted by Gasteiger charge is 2.34. The third kappa shape index (κ3) is 5.22. The predicted molar refractivity (Wildman–Crippen MR) is 110 cm³/mol. The lowest BCUT2D eigenvalue weighted by atomic mass is 10.2. The summed E-state index contributed by atoms with van der Waals surface area (Å²) in [5.41, 5.74) is -1.12. The van der Waals surface area contributed by atoms with Crippen LogP contribution in [-0.4, -0.2) is 28.0 Å². The lowest BCUT2D eigenvalue weighted by Gasteiger charge is -2.25. The lowest BCUT2D eigenvalue weighted by molar-refractivity contribution is -0.137. The van der Waals surface area contributed by atoms with Crippen LogP contribution in [0.25, 0.3) is 0 Å². The Morgan fingerprint density at radius 1 is 1.09 bits per heavy atom. The number of benzene rings is 2. The van der Waals surface area contributed by atoms with Crippen molar-refractivity contribution in [3.63, 3.8) is 0 Å². The van der Waals surface area contributed by atoms with E-state index < -0.39 is 39.1 Å². The molecule has 0 radical (unpaired) electrons. The van der Waals surface area contributed by atoms with Gasteiger partial charge in [0.15, 0.2) is 0 Å². The largest absolute Gasteiger partial charge is 0.495 e. The number of nitrogens with zero attached hydrogens (tertiary/aromatic N) is 1. The van der Waals surface area contributed by atoms with Crippen LogP contribution in [-0.2, 0) is 27.5 Å². The van der Waals surface area contributed by atoms with Crippen LogP contribution in [0.3, 0.4) is 0 Å². The fourth-order valence-electron chi connectivity index (χ4n) is 2.88. The molecule has 11 heteroatoms. The Kier molecular flexibility index (Phi) is 6.78. The molecule has 0 aliphatic rings. The summed E-state index contributed by atoms with van der Waals surface area (Å²) in [5.74, 6) is -0.118. The molecule has 3 rings (SSSR count). The Morgan fingerprint density at radius 3 is 2.50 bits per heavy atom. The third-order valence-electron chi connectivity index (χ3n) is 4.43. The molecule has 1 amide bonds. The Morgan fingerprint density at radius 2 is 1.84 bits per heavy atom. The maximum atomic E-state index is 13.4. The van der Waals surface area contributed by atoms with E-state index >= 15 is 0 Å². The number of nitrogens with one attached hydrogen (secondary N) is 1. The first-order chi connectivity index (χ1) is 15.1. The van der Waals surface area contributed by atoms with Crippen molar-refractivity contribution >= 4 is 21.6 Å². The molecule has 0 bridgehead atoms. The van der Waals surface area contributed by atoms with Gasteiger partial charge in [-0.15, -0.1) is 0 Å². The molecule has 0 saturated carbocycles. The van der Waals surface area contributed by atoms with E-state index in [1.54, 1.807) is 18.2 Å². The van der Waals surface area contributed by atoms with Crippen LogP contribution < -0.4 is 14.4 Å². The van der Waals surface area contributed by atoms with Gasteiger partial charge >= 0.3 is 6.18 Å². The summed E-state index contributed by atoms with van der Waals surface area (Å²) in [6.07, 6.45) is -3.32. The predicted octanol–water partition coefficient (Wildman–Crippen LogP) is 3.82. The number of furan rings is 1. The van der Waals surface area contributed by atoms with Crippen molar-refractivity contribution in [3.8, 4) is 5.75 Å². The number of ether oxygens (including phenoxy) is 1. The van der Waals surface area contributed by atoms with Gasteiger partial charge in [-0.05, 0) is 42.5 Å². The van der Waals surface area contributed by atoms with E-state index in [-0.39, 0.29) is 18.0 Å². The van der Waals surface area contributed by atoms with Crippen LogP contribution in [0.2, 0.25) is 0 Å². The van der Waals surface area contributed by atoms with Crippen molar-refractivity contribution in [2.45, 2.75) is 17.6 Å². The van der Waals surface area contributed by atoms with Gasteiger partial charge in [0.25, 0.3) is 10.0 Å². The molecule has 0 saturated heterocycles. The topological polar surface area (TPSA) is 88.8 Å². The number of alkyl halides is 3. The second kappa shape index (κ2) is 9.35. The van der Waals surface area contributed by atoms with Gasteiger partial charge in [-0.1, -0.05) is 18.2 Å². The number of rotatable bonds is 8. The highest BCUT2D eigenvalue weighted by atomic mass is 32.2. The number of carbonyl (C=O) groups excluding carboxylic acids is 1. The van der Waals surface area contributed by atoms with E-state index in [0.29, 0.717) is 16.1 Å². The lowest BCUT2D eigenvalue weighted by Crippen LogP contribution is -2.40. The monoisotopic (exact) mass is 468 g/mol. The van der Waals surface area contributed by atoms with E-state index in [0.717, 1.165) is 18.2 Å². The second-order valence-electron chi connectivity index (χ2n) is 6.57. The molecule has 170 valence electrons. The van der Waals surface area contributed by atoms with Crippen LogP contribution >= 0.6 is 0 Å². The number of sulfonamides is 1. The zero-order valence-electron chi connectivity index (χ0n) is 16.8. The molecule has 0 fully saturated rings. The van der Waals surface area contributed by atoms with Crippen LogP contribution in [0.15, 0.2) is 76.2 Å². The van der Waals surface area contributed by atoms with Crippen LogP contribution in [0, 0.1) is 0 Å². The SMILES string of the molecule is COc1ccccc1N(CC(=O)NCc1ccco1)S(=O)(=O)c1cccc(C(F)(F)F)c1. The van der Waals surface area contributed by atoms with Crippen LogP contribution in [0.5, 0.6) is 5.75 Å². The molecule has 0 aliphatic heterocycles. The first kappa shape index (κ1) is 23.2. The number of hydrogen-bond acceptors (Lipinski definition) is 5. The highest BCUT2D eigenvalue weighted by molar-refractivity contribution is 7.92. The standard InChI is InChI=1S/C21H19F3N2O5S/c1-30-19-10-3-2-9-18(19)26(14-20(27)25-13-16-7-5-11-31-16)32(28,29)17-8-4-6-15(12-17)21(22,23)24/h2-12H,13-14H2,1H3,(H,25,27). The summed E-state index contributed by atoms with van der Waals surface area (Å²) in [6.45, 7) is -0.686. The van der Waals surface area contributed by atoms with Gasteiger partial charge in [0, 0.05) is 0 Å². The average Bonchev–Trinajstić information content (AvgIpc) is 3.29. The number of methoxy groups -OCH3 is 1. The van der Waals surface area contributed by atoms with Gasteiger partial charge in [-0.25, -0.2) is 8.42 Å². The first-order valence-corrected chi connectivity index (χ1v) is 10.7. The van der Waals surface area contributed by atoms with Crippen molar-refractivity contribution in [3.05, 3.63) is 78.3 Å². The fraction of sp³-hybridized carbons (Fsp3) is 0.190. The smallest absolute Gasteiger partial charge is 0.416 e. The number of carbonyl (C=O) groups is 1. The van der Waals surface area contributed by atoms with Gasteiger partial charge < -0.3 is 14.5 Å². The summed E-state index contributed by atoms with van der Waals surface area (Å²) < 4.78 is 77.2. The maximum Gasteiger partial charge on any atom is 0.416 e. The van der Waals surface area contributed by atoms with Crippen LogP contribution in [0.4, 0.5) is 18.9 Å². The molecule has 1 N–H and O–H groups in total. The summed E-state index contributed by atoms with van der Waals surface area (Å²) in [7, 11) is -3.26. The maximum absolute atomic E-state index is 13.4. The zero-order chi connectivity index (χ0) is 23.4. The summed E-state index contributed by atoms with van der Waals surface area (Å²) in [4.78, 5) is 11.9. The van der Waals surface area contributed by atoms with E-state index in [1.165, 1.54) is 31.6 Å². The molecule has 1 aromatic heterocycles. The van der Waals surface area contributed by atoms with E-state index in [9.17, 15) is 26.4 Å². The number of halogens is 3.